The number of esters is 2. The smallest absolute Gasteiger partial charge is 0.333 e. The molecule has 0 aromatic carbocycles. The van der Waals surface area contributed by atoms with Gasteiger partial charge in [0.2, 0.25) is 11.8 Å². The summed E-state index contributed by atoms with van der Waals surface area (Å²) in [6.45, 7) is 2.57. The van der Waals surface area contributed by atoms with Gasteiger partial charge in [-0.05, 0) is 19.1 Å². The molecule has 0 radical (unpaired) electrons. The van der Waals surface area contributed by atoms with E-state index in [1.165, 1.54) is 18.7 Å². The van der Waals surface area contributed by atoms with Crippen molar-refractivity contribution in [2.24, 2.45) is 5.73 Å². The van der Waals surface area contributed by atoms with Crippen LogP contribution in [-0.2, 0) is 23.9 Å². The van der Waals surface area contributed by atoms with Crippen LogP contribution in [0.15, 0.2) is 0 Å². The Morgan fingerprint density at radius 1 is 1.27 bits per heavy atom. The van der Waals surface area contributed by atoms with Crippen molar-refractivity contribution < 1.29 is 23.9 Å². The molecule has 0 aliphatic rings. The first-order chi connectivity index (χ1) is 10.3. The van der Waals surface area contributed by atoms with Crippen LogP contribution in [0.25, 0.3) is 0 Å². The van der Waals surface area contributed by atoms with Crippen molar-refractivity contribution in [1.29, 1.82) is 0 Å². The van der Waals surface area contributed by atoms with Gasteiger partial charge in [-0.3, -0.25) is 9.59 Å². The van der Waals surface area contributed by atoms with E-state index in [4.69, 9.17) is 5.73 Å². The largest absolute Gasteiger partial charge is 0.391 e. The van der Waals surface area contributed by atoms with Crippen molar-refractivity contribution >= 4 is 48.1 Å². The van der Waals surface area contributed by atoms with E-state index in [0.717, 1.165) is 0 Å². The standard InChI is InChI=1S/C12H21N3O5S2/c1-7(22-6-15-8(2)16)11(18)14-5-10(17)20-12(19)9(13)3-4-21/h7,9,21H,3-6,13H2,1-2H3,(H,14,18)(H,15,16)/t7?,9-/m1/s1. The predicted octanol–water partition coefficient (Wildman–Crippen LogP) is -0.965. The first-order valence-electron chi connectivity index (χ1n) is 6.52. The summed E-state index contributed by atoms with van der Waals surface area (Å²) in [6.07, 6.45) is 0.290. The summed E-state index contributed by atoms with van der Waals surface area (Å²) < 4.78 is 4.49. The lowest BCUT2D eigenvalue weighted by Crippen LogP contribution is -2.39. The van der Waals surface area contributed by atoms with Crippen LogP contribution in [0.2, 0.25) is 0 Å². The predicted molar refractivity (Wildman–Crippen MR) is 86.3 cm³/mol. The molecule has 0 aliphatic heterocycles. The highest BCUT2D eigenvalue weighted by atomic mass is 32.2. The van der Waals surface area contributed by atoms with Crippen molar-refractivity contribution in [3.63, 3.8) is 0 Å². The summed E-state index contributed by atoms with van der Waals surface area (Å²) in [6, 6.07) is -0.913. The second-order valence-electron chi connectivity index (χ2n) is 4.32. The maximum atomic E-state index is 11.7. The Morgan fingerprint density at radius 2 is 1.91 bits per heavy atom. The fourth-order valence-electron chi connectivity index (χ4n) is 1.13. The lowest BCUT2D eigenvalue weighted by molar-refractivity contribution is -0.160. The summed E-state index contributed by atoms with van der Waals surface area (Å²) in [5.41, 5.74) is 5.46. The third kappa shape index (κ3) is 9.64. The van der Waals surface area contributed by atoms with Gasteiger partial charge in [0.1, 0.15) is 12.6 Å². The highest BCUT2D eigenvalue weighted by molar-refractivity contribution is 8.00. The highest BCUT2D eigenvalue weighted by Gasteiger charge is 2.19. The van der Waals surface area contributed by atoms with Gasteiger partial charge in [0.15, 0.2) is 0 Å². The van der Waals surface area contributed by atoms with Crippen LogP contribution >= 0.6 is 24.4 Å². The lowest BCUT2D eigenvalue weighted by Gasteiger charge is -2.12. The van der Waals surface area contributed by atoms with Gasteiger partial charge >= 0.3 is 11.9 Å². The van der Waals surface area contributed by atoms with E-state index in [1.807, 2.05) is 0 Å². The van der Waals surface area contributed by atoms with Crippen LogP contribution in [-0.4, -0.2) is 53.2 Å². The number of carbonyl (C=O) groups excluding carboxylic acids is 4. The lowest BCUT2D eigenvalue weighted by atomic mass is 10.2. The van der Waals surface area contributed by atoms with Gasteiger partial charge in [0, 0.05) is 6.92 Å². The number of thioether (sulfide) groups is 1. The fourth-order valence-corrected chi connectivity index (χ4v) is 2.18. The maximum Gasteiger partial charge on any atom is 0.333 e. The molecule has 0 heterocycles. The summed E-state index contributed by atoms with van der Waals surface area (Å²) in [5.74, 6) is -1.65. The average Bonchev–Trinajstić information content (AvgIpc) is 2.44. The van der Waals surface area contributed by atoms with Crippen molar-refractivity contribution in [2.75, 3.05) is 18.2 Å². The number of rotatable bonds is 9. The second-order valence-corrected chi connectivity index (χ2v) is 6.09. The molecule has 2 atom stereocenters. The average molecular weight is 351 g/mol. The molecule has 0 aliphatic carbocycles. The Bertz CT molecular complexity index is 420. The minimum Gasteiger partial charge on any atom is -0.391 e. The second kappa shape index (κ2) is 11.3. The van der Waals surface area contributed by atoms with Gasteiger partial charge in [-0.1, -0.05) is 0 Å². The van der Waals surface area contributed by atoms with E-state index >= 15 is 0 Å². The molecule has 2 amide bonds. The van der Waals surface area contributed by atoms with Gasteiger partial charge < -0.3 is 21.1 Å². The van der Waals surface area contributed by atoms with E-state index < -0.39 is 35.7 Å². The molecule has 0 fully saturated rings. The zero-order valence-corrected chi connectivity index (χ0v) is 14.2. The Balaban J connectivity index is 4.00. The third-order valence-corrected chi connectivity index (χ3v) is 3.67. The molecule has 22 heavy (non-hydrogen) atoms. The highest BCUT2D eigenvalue weighted by Crippen LogP contribution is 2.08. The fraction of sp³-hybridized carbons (Fsp3) is 0.667. The van der Waals surface area contributed by atoms with E-state index in [2.05, 4.69) is 28.0 Å². The number of hydrogen-bond acceptors (Lipinski definition) is 8. The number of carbonyl (C=O) groups is 4. The molecular formula is C12H21N3O5S2. The van der Waals surface area contributed by atoms with Crippen LogP contribution in [0.1, 0.15) is 20.3 Å². The molecule has 0 saturated heterocycles. The molecule has 0 spiro atoms. The topological polar surface area (TPSA) is 128 Å². The molecular weight excluding hydrogens is 330 g/mol. The van der Waals surface area contributed by atoms with E-state index in [9.17, 15) is 19.2 Å². The van der Waals surface area contributed by atoms with Gasteiger partial charge in [-0.25, -0.2) is 9.59 Å². The zero-order valence-electron chi connectivity index (χ0n) is 12.5. The molecule has 0 bridgehead atoms. The van der Waals surface area contributed by atoms with E-state index in [-0.39, 0.29) is 11.8 Å². The Morgan fingerprint density at radius 3 is 2.45 bits per heavy atom. The van der Waals surface area contributed by atoms with Gasteiger partial charge in [-0.15, -0.1) is 11.8 Å². The Kier molecular flexibility index (Phi) is 10.7. The van der Waals surface area contributed by atoms with Crippen LogP contribution in [0.5, 0.6) is 0 Å². The molecule has 1 unspecified atom stereocenters. The number of amides is 2. The number of hydrogen-bond donors (Lipinski definition) is 4. The quantitative estimate of drug-likeness (QED) is 0.182. The van der Waals surface area contributed by atoms with Gasteiger partial charge in [-0.2, -0.15) is 12.6 Å². The number of thiol groups is 1. The van der Waals surface area contributed by atoms with Crippen LogP contribution in [0, 0.1) is 0 Å². The molecule has 8 nitrogen and oxygen atoms in total. The minimum absolute atomic E-state index is 0.195. The molecule has 0 saturated carbocycles. The Labute approximate surface area is 138 Å². The van der Waals surface area contributed by atoms with Crippen molar-refractivity contribution in [3.8, 4) is 0 Å². The number of ether oxygens (including phenoxy) is 1. The van der Waals surface area contributed by atoms with E-state index in [1.54, 1.807) is 6.92 Å². The molecule has 0 aromatic rings. The summed E-state index contributed by atoms with van der Waals surface area (Å²) in [5, 5.41) is 4.41. The SMILES string of the molecule is CC(=O)NCSC(C)C(=O)NCC(=O)OC(=O)[C@H](N)CCS. The molecule has 0 aromatic heterocycles. The van der Waals surface area contributed by atoms with Gasteiger partial charge in [0.05, 0.1) is 11.1 Å². The first kappa shape index (κ1) is 20.7. The maximum absolute atomic E-state index is 11.7. The Hall–Kier alpha value is -1.26. The molecule has 126 valence electrons. The normalized spacial score (nSPS) is 12.9. The third-order valence-electron chi connectivity index (χ3n) is 2.39. The van der Waals surface area contributed by atoms with Crippen LogP contribution in [0.3, 0.4) is 0 Å². The van der Waals surface area contributed by atoms with Gasteiger partial charge in [0.25, 0.3) is 0 Å². The van der Waals surface area contributed by atoms with E-state index in [0.29, 0.717) is 12.2 Å². The molecule has 4 N–H and O–H groups in total. The van der Waals surface area contributed by atoms with Crippen LogP contribution < -0.4 is 16.4 Å². The monoisotopic (exact) mass is 351 g/mol. The van der Waals surface area contributed by atoms with Crippen LogP contribution in [0.4, 0.5) is 0 Å². The van der Waals surface area contributed by atoms with Crippen molar-refractivity contribution in [3.05, 3.63) is 0 Å². The zero-order chi connectivity index (χ0) is 17.1. The summed E-state index contributed by atoms with van der Waals surface area (Å²) >= 11 is 5.12. The van der Waals surface area contributed by atoms with Crippen molar-refractivity contribution in [2.45, 2.75) is 31.6 Å². The number of nitrogens with one attached hydrogen (secondary N) is 2. The van der Waals surface area contributed by atoms with Crippen molar-refractivity contribution in [1.82, 2.24) is 10.6 Å². The number of nitrogens with two attached hydrogens (primary N) is 1. The summed E-state index contributed by atoms with van der Waals surface area (Å²) in [7, 11) is 0. The molecule has 10 heteroatoms. The first-order valence-corrected chi connectivity index (χ1v) is 8.20. The summed E-state index contributed by atoms with van der Waals surface area (Å²) in [4.78, 5) is 45.1. The minimum atomic E-state index is -0.913. The molecule has 0 rings (SSSR count).